The van der Waals surface area contributed by atoms with Gasteiger partial charge < -0.3 is 15.2 Å². The lowest BCUT2D eigenvalue weighted by atomic mass is 10.2. The Morgan fingerprint density at radius 2 is 1.85 bits per heavy atom. The van der Waals surface area contributed by atoms with Gasteiger partial charge in [-0.25, -0.2) is 0 Å². The average molecular weight is 369 g/mol. The monoisotopic (exact) mass is 369 g/mol. The number of nitrogens with zero attached hydrogens (tertiary/aromatic N) is 2. The maximum atomic E-state index is 11.6. The Hall–Kier alpha value is -3.13. The first-order chi connectivity index (χ1) is 12.6. The lowest BCUT2D eigenvalue weighted by Gasteiger charge is -2.04. The SMILES string of the molecule is O=C(O)CC1SC(=NN=Cc2ccc(Oc3ccccc3)cc2)NC1=O. The maximum Gasteiger partial charge on any atom is 0.305 e. The molecule has 1 aliphatic heterocycles. The van der Waals surface area contributed by atoms with E-state index in [4.69, 9.17) is 9.84 Å². The van der Waals surface area contributed by atoms with Gasteiger partial charge in [-0.1, -0.05) is 30.0 Å². The number of rotatable bonds is 6. The minimum absolute atomic E-state index is 0.248. The normalized spacial score (nSPS) is 18.2. The number of carbonyl (C=O) groups is 2. The van der Waals surface area contributed by atoms with E-state index in [-0.39, 0.29) is 12.3 Å². The van der Waals surface area contributed by atoms with E-state index >= 15 is 0 Å². The van der Waals surface area contributed by atoms with E-state index in [1.165, 1.54) is 6.21 Å². The Morgan fingerprint density at radius 1 is 1.15 bits per heavy atom. The maximum absolute atomic E-state index is 11.6. The van der Waals surface area contributed by atoms with Gasteiger partial charge in [0, 0.05) is 0 Å². The molecule has 2 aromatic rings. The number of aliphatic carboxylic acids is 1. The van der Waals surface area contributed by atoms with E-state index in [0.29, 0.717) is 10.9 Å². The van der Waals surface area contributed by atoms with Crippen molar-refractivity contribution in [2.75, 3.05) is 0 Å². The summed E-state index contributed by atoms with van der Waals surface area (Å²) in [5.41, 5.74) is 0.811. The van der Waals surface area contributed by atoms with E-state index in [2.05, 4.69) is 15.5 Å². The second-order valence-corrected chi connectivity index (χ2v) is 6.52. The molecule has 0 saturated carbocycles. The number of hydrogen-bond donors (Lipinski definition) is 2. The van der Waals surface area contributed by atoms with Gasteiger partial charge in [0.25, 0.3) is 0 Å². The van der Waals surface area contributed by atoms with Gasteiger partial charge in [-0.3, -0.25) is 9.59 Å². The summed E-state index contributed by atoms with van der Waals surface area (Å²) < 4.78 is 5.70. The smallest absolute Gasteiger partial charge is 0.305 e. The lowest BCUT2D eigenvalue weighted by Crippen LogP contribution is -2.26. The first-order valence-corrected chi connectivity index (χ1v) is 8.61. The van der Waals surface area contributed by atoms with Crippen LogP contribution in [0.5, 0.6) is 11.5 Å². The Labute approximate surface area is 153 Å². The second-order valence-electron chi connectivity index (χ2n) is 5.33. The molecule has 132 valence electrons. The van der Waals surface area contributed by atoms with E-state index in [0.717, 1.165) is 23.1 Å². The Balaban J connectivity index is 1.57. The summed E-state index contributed by atoms with van der Waals surface area (Å²) >= 11 is 1.06. The van der Waals surface area contributed by atoms with Gasteiger partial charge >= 0.3 is 5.97 Å². The minimum atomic E-state index is -1.03. The summed E-state index contributed by atoms with van der Waals surface area (Å²) in [5, 5.41) is 18.7. The summed E-state index contributed by atoms with van der Waals surface area (Å²) in [5.74, 6) is 0.0639. The van der Waals surface area contributed by atoms with Crippen LogP contribution in [0.25, 0.3) is 0 Å². The molecule has 8 heteroatoms. The molecule has 7 nitrogen and oxygen atoms in total. The van der Waals surface area contributed by atoms with Crippen molar-refractivity contribution in [1.29, 1.82) is 0 Å². The molecule has 1 atom stereocenters. The largest absolute Gasteiger partial charge is 0.481 e. The van der Waals surface area contributed by atoms with Crippen LogP contribution in [0, 0.1) is 0 Å². The highest BCUT2D eigenvalue weighted by Gasteiger charge is 2.32. The standard InChI is InChI=1S/C18H15N3O4S/c22-16(23)10-15-17(24)20-18(26-15)21-19-11-12-6-8-14(9-7-12)25-13-4-2-1-3-5-13/h1-9,11,15H,10H2,(H,22,23)(H,20,21,24). The molecule has 0 radical (unpaired) electrons. The van der Waals surface area contributed by atoms with Crippen molar-refractivity contribution in [3.8, 4) is 11.5 Å². The summed E-state index contributed by atoms with van der Waals surface area (Å²) in [6.45, 7) is 0. The quantitative estimate of drug-likeness (QED) is 0.602. The molecular formula is C18H15N3O4S. The molecule has 0 aromatic heterocycles. The first kappa shape index (κ1) is 17.7. The zero-order chi connectivity index (χ0) is 18.4. The van der Waals surface area contributed by atoms with Crippen LogP contribution in [-0.2, 0) is 9.59 Å². The fourth-order valence-electron chi connectivity index (χ4n) is 2.14. The van der Waals surface area contributed by atoms with Crippen LogP contribution in [0.15, 0.2) is 64.8 Å². The summed E-state index contributed by atoms with van der Waals surface area (Å²) in [6, 6.07) is 16.8. The third kappa shape index (κ3) is 4.93. The molecule has 1 saturated heterocycles. The molecule has 1 unspecified atom stereocenters. The number of hydrogen-bond acceptors (Lipinski definition) is 6. The summed E-state index contributed by atoms with van der Waals surface area (Å²) in [6.07, 6.45) is 1.29. The molecule has 0 spiro atoms. The lowest BCUT2D eigenvalue weighted by molar-refractivity contribution is -0.138. The zero-order valence-electron chi connectivity index (χ0n) is 13.5. The van der Waals surface area contributed by atoms with Crippen LogP contribution >= 0.6 is 11.8 Å². The fourth-order valence-corrected chi connectivity index (χ4v) is 3.05. The van der Waals surface area contributed by atoms with Crippen LogP contribution in [0.1, 0.15) is 12.0 Å². The van der Waals surface area contributed by atoms with Crippen molar-refractivity contribution >= 4 is 35.0 Å². The second kappa shape index (κ2) is 8.30. The third-order valence-electron chi connectivity index (χ3n) is 3.35. The number of ether oxygens (including phenoxy) is 1. The van der Waals surface area contributed by atoms with Crippen LogP contribution in [0.2, 0.25) is 0 Å². The van der Waals surface area contributed by atoms with Crippen molar-refractivity contribution in [3.63, 3.8) is 0 Å². The van der Waals surface area contributed by atoms with Gasteiger partial charge in [-0.2, -0.15) is 5.10 Å². The Kier molecular flexibility index (Phi) is 5.65. The number of para-hydroxylation sites is 1. The molecule has 0 bridgehead atoms. The summed E-state index contributed by atoms with van der Waals surface area (Å²) in [7, 11) is 0. The third-order valence-corrected chi connectivity index (χ3v) is 4.42. The van der Waals surface area contributed by atoms with Crippen molar-refractivity contribution in [1.82, 2.24) is 5.32 Å². The number of amidine groups is 1. The Bertz CT molecular complexity index is 850. The van der Waals surface area contributed by atoms with Crippen LogP contribution in [-0.4, -0.2) is 33.6 Å². The van der Waals surface area contributed by atoms with Gasteiger partial charge in [-0.15, -0.1) is 5.10 Å². The highest BCUT2D eigenvalue weighted by molar-refractivity contribution is 8.15. The van der Waals surface area contributed by atoms with Crippen LogP contribution in [0.4, 0.5) is 0 Å². The number of thioether (sulfide) groups is 1. The van der Waals surface area contributed by atoms with Gasteiger partial charge in [-0.05, 0) is 42.0 Å². The van der Waals surface area contributed by atoms with Crippen LogP contribution in [0.3, 0.4) is 0 Å². The van der Waals surface area contributed by atoms with Gasteiger partial charge in [0.2, 0.25) is 5.91 Å². The Morgan fingerprint density at radius 3 is 2.54 bits per heavy atom. The van der Waals surface area contributed by atoms with Crippen molar-refractivity contribution < 1.29 is 19.4 Å². The topological polar surface area (TPSA) is 100 Å². The van der Waals surface area contributed by atoms with E-state index < -0.39 is 11.2 Å². The molecule has 3 rings (SSSR count). The molecule has 0 aliphatic carbocycles. The van der Waals surface area contributed by atoms with Crippen molar-refractivity contribution in [2.45, 2.75) is 11.7 Å². The van der Waals surface area contributed by atoms with Gasteiger partial charge in [0.1, 0.15) is 16.7 Å². The number of carbonyl (C=O) groups excluding carboxylic acids is 1. The molecule has 2 aromatic carbocycles. The predicted octanol–water partition coefficient (Wildman–Crippen LogP) is 2.88. The number of carboxylic acids is 1. The van der Waals surface area contributed by atoms with E-state index in [1.807, 2.05) is 54.6 Å². The predicted molar refractivity (Wildman–Crippen MR) is 99.8 cm³/mol. The molecular weight excluding hydrogens is 354 g/mol. The number of benzene rings is 2. The van der Waals surface area contributed by atoms with Gasteiger partial charge in [0.15, 0.2) is 5.17 Å². The number of carboxylic acid groups (broad SMARTS) is 1. The molecule has 1 amide bonds. The summed E-state index contributed by atoms with van der Waals surface area (Å²) in [4.78, 5) is 22.3. The molecule has 26 heavy (non-hydrogen) atoms. The highest BCUT2D eigenvalue weighted by atomic mass is 32.2. The van der Waals surface area contributed by atoms with Crippen LogP contribution < -0.4 is 10.1 Å². The molecule has 2 N–H and O–H groups in total. The average Bonchev–Trinajstić information content (AvgIpc) is 2.96. The van der Waals surface area contributed by atoms with Gasteiger partial charge in [0.05, 0.1) is 12.6 Å². The fraction of sp³-hybridized carbons (Fsp3) is 0.111. The number of amides is 1. The number of nitrogens with one attached hydrogen (secondary N) is 1. The minimum Gasteiger partial charge on any atom is -0.481 e. The highest BCUT2D eigenvalue weighted by Crippen LogP contribution is 2.23. The first-order valence-electron chi connectivity index (χ1n) is 7.73. The van der Waals surface area contributed by atoms with E-state index in [9.17, 15) is 9.59 Å². The zero-order valence-corrected chi connectivity index (χ0v) is 14.3. The van der Waals surface area contributed by atoms with E-state index in [1.54, 1.807) is 0 Å². The molecule has 1 fully saturated rings. The van der Waals surface area contributed by atoms with Crippen molar-refractivity contribution in [2.24, 2.45) is 10.2 Å². The molecule has 1 aliphatic rings. The molecule has 1 heterocycles. The van der Waals surface area contributed by atoms with Crippen molar-refractivity contribution in [3.05, 3.63) is 60.2 Å².